The van der Waals surface area contributed by atoms with E-state index in [9.17, 15) is 18.3 Å². The second-order valence-corrected chi connectivity index (χ2v) is 13.5. The van der Waals surface area contributed by atoms with Gasteiger partial charge in [-0.05, 0) is 48.6 Å². The fourth-order valence-electron chi connectivity index (χ4n) is 5.59. The van der Waals surface area contributed by atoms with Crippen LogP contribution in [0, 0.1) is 11.8 Å². The van der Waals surface area contributed by atoms with Crippen molar-refractivity contribution in [1.82, 2.24) is 10.6 Å². The first-order valence-electron chi connectivity index (χ1n) is 14.8. The summed E-state index contributed by atoms with van der Waals surface area (Å²) in [6.07, 6.45) is -1.75. The highest BCUT2D eigenvalue weighted by Crippen LogP contribution is 2.35. The maximum absolute atomic E-state index is 13.6. The Hall–Kier alpha value is -3.14. The molecule has 242 valence electrons. The highest BCUT2D eigenvalue weighted by molar-refractivity contribution is 7.92. The number of carbonyl (C=O) groups is 1. The van der Waals surface area contributed by atoms with E-state index in [0.717, 1.165) is 12.0 Å². The number of amides is 1. The van der Waals surface area contributed by atoms with Gasteiger partial charge in [0.2, 0.25) is 6.79 Å². The SMILES string of the molecule is CC(C)C(NC[C@@H](O)[C@H](Cc1ccc(OCCN)cc1)NC(=O)O[C@H]1CO[C@H]2OCC[C@H]21)S(=O)(=O)c1ccc2c(c1)OCO2. The topological polar surface area (TPSA) is 177 Å². The lowest BCUT2D eigenvalue weighted by molar-refractivity contribution is -0.0907. The zero-order chi connectivity index (χ0) is 31.3. The second-order valence-electron chi connectivity index (χ2n) is 11.4. The first kappa shape index (κ1) is 32.3. The van der Waals surface area contributed by atoms with Crippen LogP contribution in [0.25, 0.3) is 0 Å². The van der Waals surface area contributed by atoms with Crippen molar-refractivity contribution in [3.05, 3.63) is 48.0 Å². The molecule has 5 rings (SSSR count). The van der Waals surface area contributed by atoms with Gasteiger partial charge in [0, 0.05) is 19.2 Å². The van der Waals surface area contributed by atoms with E-state index in [4.69, 9.17) is 34.2 Å². The van der Waals surface area contributed by atoms with Gasteiger partial charge in [-0.15, -0.1) is 0 Å². The number of benzene rings is 2. The van der Waals surface area contributed by atoms with Crippen molar-refractivity contribution >= 4 is 15.9 Å². The molecule has 2 aromatic carbocycles. The van der Waals surface area contributed by atoms with E-state index in [2.05, 4.69) is 10.6 Å². The molecule has 0 aromatic heterocycles. The van der Waals surface area contributed by atoms with Gasteiger partial charge in [-0.3, -0.25) is 5.32 Å². The Labute approximate surface area is 257 Å². The molecule has 0 aliphatic carbocycles. The summed E-state index contributed by atoms with van der Waals surface area (Å²) in [5.74, 6) is 1.10. The van der Waals surface area contributed by atoms with Crippen molar-refractivity contribution in [2.24, 2.45) is 17.6 Å². The van der Waals surface area contributed by atoms with Crippen LogP contribution in [-0.2, 0) is 30.5 Å². The summed E-state index contributed by atoms with van der Waals surface area (Å²) in [4.78, 5) is 13.1. The van der Waals surface area contributed by atoms with Gasteiger partial charge in [0.05, 0.1) is 36.2 Å². The van der Waals surface area contributed by atoms with Gasteiger partial charge in [0.15, 0.2) is 27.6 Å². The minimum Gasteiger partial charge on any atom is -0.492 e. The van der Waals surface area contributed by atoms with Crippen LogP contribution < -0.4 is 30.6 Å². The molecule has 2 fully saturated rings. The van der Waals surface area contributed by atoms with Crippen LogP contribution in [-0.4, -0.2) is 89.2 Å². The number of aliphatic hydroxyl groups is 1. The van der Waals surface area contributed by atoms with E-state index in [1.165, 1.54) is 12.1 Å². The third-order valence-electron chi connectivity index (χ3n) is 7.92. The average Bonchev–Trinajstić information content (AvgIpc) is 3.75. The predicted octanol–water partition coefficient (Wildman–Crippen LogP) is 1.56. The molecule has 6 atom stereocenters. The number of ether oxygens (including phenoxy) is 6. The zero-order valence-corrected chi connectivity index (χ0v) is 25.7. The molecular weight excluding hydrogens is 594 g/mol. The zero-order valence-electron chi connectivity index (χ0n) is 24.8. The number of nitrogens with two attached hydrogens (primary N) is 1. The van der Waals surface area contributed by atoms with Gasteiger partial charge < -0.3 is 44.6 Å². The highest BCUT2D eigenvalue weighted by Gasteiger charge is 2.44. The first-order chi connectivity index (χ1) is 21.2. The fraction of sp³-hybridized carbons (Fsp3) is 0.567. The maximum Gasteiger partial charge on any atom is 0.407 e. The molecular formula is C30H41N3O10S. The Morgan fingerprint density at radius 1 is 1.11 bits per heavy atom. The number of alkyl carbamates (subject to hydrolysis) is 1. The molecule has 13 nitrogen and oxygen atoms in total. The van der Waals surface area contributed by atoms with Crippen molar-refractivity contribution in [3.63, 3.8) is 0 Å². The minimum absolute atomic E-state index is 0.0277. The van der Waals surface area contributed by atoms with Gasteiger partial charge >= 0.3 is 6.09 Å². The number of sulfone groups is 1. The molecule has 0 bridgehead atoms. The fourth-order valence-corrected chi connectivity index (χ4v) is 7.44. The number of hydrogen-bond acceptors (Lipinski definition) is 12. The van der Waals surface area contributed by atoms with Crippen LogP contribution in [0.5, 0.6) is 17.2 Å². The number of aliphatic hydroxyl groups excluding tert-OH is 1. The van der Waals surface area contributed by atoms with E-state index in [1.54, 1.807) is 32.0 Å². The molecule has 0 saturated carbocycles. The van der Waals surface area contributed by atoms with Crippen LogP contribution in [0.15, 0.2) is 47.4 Å². The summed E-state index contributed by atoms with van der Waals surface area (Å²) in [6.45, 7) is 5.00. The van der Waals surface area contributed by atoms with Crippen molar-refractivity contribution in [2.75, 3.05) is 39.7 Å². The van der Waals surface area contributed by atoms with Crippen molar-refractivity contribution in [2.45, 2.75) is 61.5 Å². The molecule has 3 aliphatic rings. The van der Waals surface area contributed by atoms with E-state index < -0.39 is 39.6 Å². The van der Waals surface area contributed by atoms with Crippen LogP contribution in [0.2, 0.25) is 0 Å². The summed E-state index contributed by atoms with van der Waals surface area (Å²) < 4.78 is 60.3. The standard InChI is InChI=1S/C30H41N3O10S/c1-18(2)28(44(36,37)21-7-8-25-26(14-21)42-17-41-25)32-15-24(34)23(13-19-3-5-20(6-4-19)38-12-10-31)33-30(35)43-27-16-40-29-22(27)9-11-39-29/h3-8,14,18,22-24,27-29,32,34H,9-13,15-17,31H2,1-2H3,(H,33,35)/t22-,23-,24+,27-,28?,29+/m0/s1. The summed E-state index contributed by atoms with van der Waals surface area (Å²) in [5.41, 5.74) is 6.33. The minimum atomic E-state index is -3.88. The lowest BCUT2D eigenvalue weighted by Gasteiger charge is -2.29. The van der Waals surface area contributed by atoms with Gasteiger partial charge in [0.25, 0.3) is 0 Å². The van der Waals surface area contributed by atoms with E-state index in [-0.39, 0.29) is 49.4 Å². The van der Waals surface area contributed by atoms with Crippen molar-refractivity contribution < 1.29 is 46.7 Å². The van der Waals surface area contributed by atoms with Crippen LogP contribution >= 0.6 is 0 Å². The molecule has 3 aliphatic heterocycles. The largest absolute Gasteiger partial charge is 0.492 e. The van der Waals surface area contributed by atoms with Crippen LogP contribution in [0.3, 0.4) is 0 Å². The molecule has 0 radical (unpaired) electrons. The molecule has 44 heavy (non-hydrogen) atoms. The maximum atomic E-state index is 13.6. The van der Waals surface area contributed by atoms with Crippen LogP contribution in [0.4, 0.5) is 4.79 Å². The average molecular weight is 636 g/mol. The van der Waals surface area contributed by atoms with Gasteiger partial charge in [-0.1, -0.05) is 26.0 Å². The number of hydrogen-bond donors (Lipinski definition) is 4. The molecule has 1 amide bonds. The Morgan fingerprint density at radius 2 is 1.89 bits per heavy atom. The van der Waals surface area contributed by atoms with E-state index >= 15 is 0 Å². The first-order valence-corrected chi connectivity index (χ1v) is 16.4. The van der Waals surface area contributed by atoms with Crippen LogP contribution in [0.1, 0.15) is 25.8 Å². The third kappa shape index (κ3) is 7.56. The summed E-state index contributed by atoms with van der Waals surface area (Å²) in [6, 6.07) is 10.9. The number of nitrogens with one attached hydrogen (secondary N) is 2. The summed E-state index contributed by atoms with van der Waals surface area (Å²) >= 11 is 0. The molecule has 2 saturated heterocycles. The quantitative estimate of drug-likeness (QED) is 0.236. The van der Waals surface area contributed by atoms with Crippen molar-refractivity contribution in [3.8, 4) is 17.2 Å². The number of fused-ring (bicyclic) bond motifs is 2. The lowest BCUT2D eigenvalue weighted by Crippen LogP contribution is -2.52. The monoisotopic (exact) mass is 635 g/mol. The Kier molecular flexibility index (Phi) is 10.5. The smallest absolute Gasteiger partial charge is 0.407 e. The molecule has 5 N–H and O–H groups in total. The Bertz CT molecular complexity index is 1370. The third-order valence-corrected chi connectivity index (χ3v) is 10.2. The highest BCUT2D eigenvalue weighted by atomic mass is 32.2. The van der Waals surface area contributed by atoms with E-state index in [0.29, 0.717) is 37.0 Å². The molecule has 14 heteroatoms. The summed E-state index contributed by atoms with van der Waals surface area (Å²) in [5, 5.41) is 16.1. The normalized spacial score (nSPS) is 22.8. The molecule has 2 aromatic rings. The van der Waals surface area contributed by atoms with E-state index in [1.807, 2.05) is 12.1 Å². The number of rotatable bonds is 14. The molecule has 0 spiro atoms. The van der Waals surface area contributed by atoms with Crippen molar-refractivity contribution in [1.29, 1.82) is 0 Å². The molecule has 1 unspecified atom stereocenters. The Balaban J connectivity index is 1.27. The number of carbonyl (C=O) groups excluding carboxylic acids is 1. The Morgan fingerprint density at radius 3 is 2.64 bits per heavy atom. The predicted molar refractivity (Wildman–Crippen MR) is 158 cm³/mol. The summed E-state index contributed by atoms with van der Waals surface area (Å²) in [7, 11) is -3.88. The van der Waals surface area contributed by atoms with Gasteiger partial charge in [-0.2, -0.15) is 0 Å². The second kappa shape index (κ2) is 14.3. The lowest BCUT2D eigenvalue weighted by atomic mass is 10.0. The van der Waals surface area contributed by atoms with Gasteiger partial charge in [0.1, 0.15) is 23.8 Å². The van der Waals surface area contributed by atoms with Gasteiger partial charge in [-0.25, -0.2) is 13.2 Å². The molecule has 3 heterocycles.